The van der Waals surface area contributed by atoms with Crippen LogP contribution >= 0.6 is 23.5 Å². The summed E-state index contributed by atoms with van der Waals surface area (Å²) in [4.78, 5) is 21.4. The molecule has 0 aliphatic carbocycles. The lowest BCUT2D eigenvalue weighted by Crippen LogP contribution is -2.06. The Bertz CT molecular complexity index is 969. The quantitative estimate of drug-likeness (QED) is 0.287. The minimum absolute atomic E-state index is 0.0443. The van der Waals surface area contributed by atoms with E-state index in [9.17, 15) is 4.79 Å². The summed E-state index contributed by atoms with van der Waals surface area (Å²) in [6.45, 7) is 6.69. The number of methoxy groups -OCH3 is 1. The highest BCUT2D eigenvalue weighted by molar-refractivity contribution is 7.99. The molecule has 0 saturated carbocycles. The Kier molecular flexibility index (Phi) is 7.27. The van der Waals surface area contributed by atoms with Crippen molar-refractivity contribution in [3.05, 3.63) is 53.1 Å². The smallest absolute Gasteiger partial charge is 0.191 e. The number of hydrogen-bond acceptors (Lipinski definition) is 8. The first-order chi connectivity index (χ1) is 14.0. The van der Waals surface area contributed by atoms with E-state index in [1.807, 2.05) is 31.4 Å². The van der Waals surface area contributed by atoms with E-state index in [-0.39, 0.29) is 5.78 Å². The lowest BCUT2D eigenvalue weighted by molar-refractivity contribution is 0.102. The molecule has 0 aliphatic heterocycles. The number of ketones is 1. The first-order valence-electron chi connectivity index (χ1n) is 9.17. The number of carbonyl (C=O) groups is 1. The number of Topliss-reactive ketones (excluding diaryl/α,β-unsaturated/α-hetero) is 1. The molecular weight excluding hydrogens is 406 g/mol. The number of benzene rings is 1. The Morgan fingerprint density at radius 3 is 2.38 bits per heavy atom. The van der Waals surface area contributed by atoms with Crippen LogP contribution in [0.5, 0.6) is 5.75 Å². The van der Waals surface area contributed by atoms with E-state index in [1.54, 1.807) is 31.4 Å². The maximum atomic E-state index is 12.5. The summed E-state index contributed by atoms with van der Waals surface area (Å²) in [5, 5.41) is 10.1. The SMILES string of the molecule is CCn1c(CSc2nc(C)cc(C)n2)nnc1SCC(=O)c1ccc(OC)cc1. The summed E-state index contributed by atoms with van der Waals surface area (Å²) < 4.78 is 7.16. The predicted octanol–water partition coefficient (Wildman–Crippen LogP) is 3.98. The van der Waals surface area contributed by atoms with Gasteiger partial charge in [0, 0.05) is 23.5 Å². The molecule has 0 radical (unpaired) electrons. The highest BCUT2D eigenvalue weighted by atomic mass is 32.2. The van der Waals surface area contributed by atoms with Gasteiger partial charge in [0.1, 0.15) is 11.6 Å². The largest absolute Gasteiger partial charge is 0.497 e. The van der Waals surface area contributed by atoms with Gasteiger partial charge in [-0.15, -0.1) is 10.2 Å². The lowest BCUT2D eigenvalue weighted by atomic mass is 10.1. The van der Waals surface area contributed by atoms with Crippen LogP contribution in [0.4, 0.5) is 0 Å². The monoisotopic (exact) mass is 429 g/mol. The van der Waals surface area contributed by atoms with Crippen molar-refractivity contribution < 1.29 is 9.53 Å². The van der Waals surface area contributed by atoms with Crippen LogP contribution in [0.3, 0.4) is 0 Å². The number of aromatic nitrogens is 5. The average molecular weight is 430 g/mol. The van der Waals surface area contributed by atoms with Gasteiger partial charge in [0.25, 0.3) is 0 Å². The van der Waals surface area contributed by atoms with Crippen LogP contribution in [0.1, 0.15) is 34.5 Å². The second kappa shape index (κ2) is 9.89. The van der Waals surface area contributed by atoms with Crippen LogP contribution in [0, 0.1) is 13.8 Å². The van der Waals surface area contributed by atoms with Gasteiger partial charge in [0.2, 0.25) is 0 Å². The lowest BCUT2D eigenvalue weighted by Gasteiger charge is -2.07. The molecule has 2 aromatic heterocycles. The topological polar surface area (TPSA) is 82.8 Å². The van der Waals surface area contributed by atoms with Crippen molar-refractivity contribution in [2.45, 2.75) is 43.4 Å². The third kappa shape index (κ3) is 5.57. The van der Waals surface area contributed by atoms with E-state index in [2.05, 4.69) is 20.2 Å². The van der Waals surface area contributed by atoms with Crippen LogP contribution in [-0.2, 0) is 12.3 Å². The Labute approximate surface area is 178 Å². The third-order valence-corrected chi connectivity index (χ3v) is 5.96. The van der Waals surface area contributed by atoms with Gasteiger partial charge in [0.05, 0.1) is 18.6 Å². The summed E-state index contributed by atoms with van der Waals surface area (Å²) >= 11 is 2.94. The maximum Gasteiger partial charge on any atom is 0.191 e. The van der Waals surface area contributed by atoms with E-state index in [1.165, 1.54) is 23.5 Å². The first-order valence-corrected chi connectivity index (χ1v) is 11.1. The molecule has 0 atom stereocenters. The van der Waals surface area contributed by atoms with Crippen LogP contribution < -0.4 is 4.74 Å². The average Bonchev–Trinajstić information content (AvgIpc) is 3.11. The van der Waals surface area contributed by atoms with Gasteiger partial charge >= 0.3 is 0 Å². The van der Waals surface area contributed by atoms with E-state index in [0.29, 0.717) is 17.1 Å². The predicted molar refractivity (Wildman–Crippen MR) is 115 cm³/mol. The van der Waals surface area contributed by atoms with Gasteiger partial charge in [-0.1, -0.05) is 23.5 Å². The molecule has 0 N–H and O–H groups in total. The second-order valence-corrected chi connectivity index (χ2v) is 8.19. The highest BCUT2D eigenvalue weighted by Crippen LogP contribution is 2.24. The minimum atomic E-state index is 0.0443. The number of carbonyl (C=O) groups excluding carboxylic acids is 1. The first kappa shape index (κ1) is 21.3. The van der Waals surface area contributed by atoms with Crippen molar-refractivity contribution in [1.29, 1.82) is 0 Å². The molecule has 0 amide bonds. The fraction of sp³-hybridized carbons (Fsp3) is 0.350. The van der Waals surface area contributed by atoms with E-state index in [4.69, 9.17) is 4.74 Å². The van der Waals surface area contributed by atoms with Crippen molar-refractivity contribution in [3.8, 4) is 5.75 Å². The zero-order valence-corrected chi connectivity index (χ0v) is 18.5. The molecule has 0 bridgehead atoms. The molecule has 7 nitrogen and oxygen atoms in total. The van der Waals surface area contributed by atoms with E-state index in [0.717, 1.165) is 39.8 Å². The fourth-order valence-corrected chi connectivity index (χ4v) is 4.53. The van der Waals surface area contributed by atoms with Crippen LogP contribution in [0.2, 0.25) is 0 Å². The Morgan fingerprint density at radius 1 is 1.07 bits per heavy atom. The zero-order valence-electron chi connectivity index (χ0n) is 16.9. The summed E-state index contributed by atoms with van der Waals surface area (Å²) in [6, 6.07) is 9.08. The van der Waals surface area contributed by atoms with E-state index < -0.39 is 0 Å². The van der Waals surface area contributed by atoms with Crippen molar-refractivity contribution >= 4 is 29.3 Å². The number of thioether (sulfide) groups is 2. The molecule has 0 saturated heterocycles. The standard InChI is InChI=1S/C20H23N5O2S2/c1-5-25-18(12-28-19-21-13(2)10-14(3)22-19)23-24-20(25)29-11-17(26)15-6-8-16(27-4)9-7-15/h6-10H,5,11-12H2,1-4H3. The summed E-state index contributed by atoms with van der Waals surface area (Å²) in [5.41, 5.74) is 2.55. The molecule has 3 aromatic rings. The normalized spacial score (nSPS) is 10.9. The Balaban J connectivity index is 1.63. The molecule has 3 rings (SSSR count). The molecule has 29 heavy (non-hydrogen) atoms. The highest BCUT2D eigenvalue weighted by Gasteiger charge is 2.15. The molecule has 9 heteroatoms. The molecule has 0 aliphatic rings. The Hall–Kier alpha value is -2.39. The van der Waals surface area contributed by atoms with Crippen LogP contribution in [-0.4, -0.2) is 43.4 Å². The second-order valence-electron chi connectivity index (χ2n) is 6.31. The van der Waals surface area contributed by atoms with Gasteiger partial charge in [0.15, 0.2) is 16.1 Å². The van der Waals surface area contributed by atoms with Gasteiger partial charge in [-0.05, 0) is 51.1 Å². The summed E-state index contributed by atoms with van der Waals surface area (Å²) in [7, 11) is 1.60. The number of aryl methyl sites for hydroxylation is 2. The van der Waals surface area contributed by atoms with Crippen molar-refractivity contribution in [1.82, 2.24) is 24.7 Å². The molecule has 0 unspecified atom stereocenters. The molecule has 0 fully saturated rings. The van der Waals surface area contributed by atoms with E-state index >= 15 is 0 Å². The number of nitrogens with zero attached hydrogens (tertiary/aromatic N) is 5. The summed E-state index contributed by atoms with van der Waals surface area (Å²) in [6.07, 6.45) is 0. The van der Waals surface area contributed by atoms with Crippen molar-refractivity contribution in [3.63, 3.8) is 0 Å². The molecular formula is C20H23N5O2S2. The molecule has 0 spiro atoms. The molecule has 1 aromatic carbocycles. The van der Waals surface area contributed by atoms with Crippen LogP contribution in [0.15, 0.2) is 40.6 Å². The summed E-state index contributed by atoms with van der Waals surface area (Å²) in [5.74, 6) is 2.55. The van der Waals surface area contributed by atoms with Gasteiger partial charge in [-0.2, -0.15) is 0 Å². The number of rotatable bonds is 9. The zero-order chi connectivity index (χ0) is 20.8. The van der Waals surface area contributed by atoms with Crippen molar-refractivity contribution in [2.24, 2.45) is 0 Å². The minimum Gasteiger partial charge on any atom is -0.497 e. The fourth-order valence-electron chi connectivity index (χ4n) is 2.73. The van der Waals surface area contributed by atoms with Crippen LogP contribution in [0.25, 0.3) is 0 Å². The maximum absolute atomic E-state index is 12.5. The number of ether oxygens (including phenoxy) is 1. The third-order valence-electron chi connectivity index (χ3n) is 4.15. The molecule has 152 valence electrons. The molecule has 2 heterocycles. The van der Waals surface area contributed by atoms with Crippen molar-refractivity contribution in [2.75, 3.05) is 12.9 Å². The van der Waals surface area contributed by atoms with Gasteiger partial charge in [-0.25, -0.2) is 9.97 Å². The van der Waals surface area contributed by atoms with Gasteiger partial charge < -0.3 is 9.30 Å². The Morgan fingerprint density at radius 2 is 1.76 bits per heavy atom. The van der Waals surface area contributed by atoms with Gasteiger partial charge in [-0.3, -0.25) is 4.79 Å². The number of hydrogen-bond donors (Lipinski definition) is 0.